The van der Waals surface area contributed by atoms with Gasteiger partial charge in [0.2, 0.25) is 5.95 Å². The number of nitrogens with one attached hydrogen (secondary N) is 2. The Morgan fingerprint density at radius 2 is 1.79 bits per heavy atom. The van der Waals surface area contributed by atoms with E-state index in [0.717, 1.165) is 69.7 Å². The average molecular weight is 385 g/mol. The molecule has 2 aromatic rings. The molecular formula is C21H32N6O. The van der Waals surface area contributed by atoms with Crippen LogP contribution in [0.1, 0.15) is 19.5 Å². The van der Waals surface area contributed by atoms with Crippen LogP contribution in [-0.4, -0.2) is 67.4 Å². The largest absolute Gasteiger partial charge is 0.379 e. The number of morpholine rings is 1. The number of aromatic nitrogens is 2. The van der Waals surface area contributed by atoms with Crippen molar-refractivity contribution in [3.8, 4) is 0 Å². The van der Waals surface area contributed by atoms with Crippen molar-refractivity contribution in [1.29, 1.82) is 0 Å². The van der Waals surface area contributed by atoms with Gasteiger partial charge in [0.15, 0.2) is 0 Å². The van der Waals surface area contributed by atoms with E-state index < -0.39 is 0 Å². The predicted octanol–water partition coefficient (Wildman–Crippen LogP) is 3.12. The molecule has 1 fully saturated rings. The first kappa shape index (κ1) is 20.4. The highest BCUT2D eigenvalue weighted by Gasteiger charge is 2.10. The summed E-state index contributed by atoms with van der Waals surface area (Å²) < 4.78 is 5.39. The van der Waals surface area contributed by atoms with Crippen molar-refractivity contribution >= 4 is 23.1 Å². The minimum atomic E-state index is 0.615. The second-order valence-corrected chi connectivity index (χ2v) is 6.94. The van der Waals surface area contributed by atoms with Crippen molar-refractivity contribution in [2.75, 3.05) is 68.0 Å². The van der Waals surface area contributed by atoms with Gasteiger partial charge in [-0.2, -0.15) is 4.98 Å². The fourth-order valence-electron chi connectivity index (χ4n) is 3.36. The number of hydrogen-bond donors (Lipinski definition) is 2. The maximum atomic E-state index is 5.39. The summed E-state index contributed by atoms with van der Waals surface area (Å²) in [4.78, 5) is 13.9. The molecule has 1 aliphatic rings. The molecule has 1 saturated heterocycles. The molecule has 2 heterocycles. The maximum absolute atomic E-state index is 5.39. The van der Waals surface area contributed by atoms with Gasteiger partial charge in [0, 0.05) is 62.4 Å². The minimum Gasteiger partial charge on any atom is -0.379 e. The van der Waals surface area contributed by atoms with Crippen LogP contribution in [0.5, 0.6) is 0 Å². The van der Waals surface area contributed by atoms with Crippen LogP contribution >= 0.6 is 0 Å². The molecule has 0 radical (unpaired) electrons. The first-order valence-electron chi connectivity index (χ1n) is 10.2. The normalized spacial score (nSPS) is 14.7. The standard InChI is InChI=1S/C21H32N6O/c1-4-27(5-2)19-8-6-18(7-9-19)24-21-23-17(3)16-20(25-21)22-10-11-26-12-14-28-15-13-26/h6-9,16H,4-5,10-15H2,1-3H3,(H2,22,23,24,25). The van der Waals surface area contributed by atoms with E-state index in [0.29, 0.717) is 5.95 Å². The van der Waals surface area contributed by atoms with Gasteiger partial charge in [-0.3, -0.25) is 4.90 Å². The lowest BCUT2D eigenvalue weighted by molar-refractivity contribution is 0.0398. The van der Waals surface area contributed by atoms with Crippen LogP contribution in [0.3, 0.4) is 0 Å². The van der Waals surface area contributed by atoms with E-state index in [1.54, 1.807) is 0 Å². The minimum absolute atomic E-state index is 0.615. The molecule has 0 saturated carbocycles. The Morgan fingerprint density at radius 3 is 2.46 bits per heavy atom. The lowest BCUT2D eigenvalue weighted by Crippen LogP contribution is -2.39. The summed E-state index contributed by atoms with van der Waals surface area (Å²) >= 11 is 0. The Kier molecular flexibility index (Phi) is 7.45. The summed E-state index contributed by atoms with van der Waals surface area (Å²) in [6, 6.07) is 10.4. The molecule has 0 aliphatic carbocycles. The molecule has 152 valence electrons. The molecule has 1 aromatic carbocycles. The Labute approximate surface area is 168 Å². The Morgan fingerprint density at radius 1 is 1.07 bits per heavy atom. The molecular weight excluding hydrogens is 352 g/mol. The summed E-state index contributed by atoms with van der Waals surface area (Å²) in [5, 5.41) is 6.74. The van der Waals surface area contributed by atoms with Crippen molar-refractivity contribution in [2.45, 2.75) is 20.8 Å². The molecule has 7 nitrogen and oxygen atoms in total. The molecule has 1 aromatic heterocycles. The summed E-state index contributed by atoms with van der Waals surface area (Å²) in [5.74, 6) is 1.47. The second kappa shape index (κ2) is 10.2. The SMILES string of the molecule is CCN(CC)c1ccc(Nc2nc(C)cc(NCCN3CCOCC3)n2)cc1. The van der Waals surface area contributed by atoms with E-state index in [4.69, 9.17) is 4.74 Å². The quantitative estimate of drug-likeness (QED) is 0.688. The molecule has 0 unspecified atom stereocenters. The monoisotopic (exact) mass is 384 g/mol. The zero-order valence-corrected chi connectivity index (χ0v) is 17.2. The highest BCUT2D eigenvalue weighted by Crippen LogP contribution is 2.20. The second-order valence-electron chi connectivity index (χ2n) is 6.94. The summed E-state index contributed by atoms with van der Waals surface area (Å²) in [6.07, 6.45) is 0. The van der Waals surface area contributed by atoms with Crippen LogP contribution in [0.15, 0.2) is 30.3 Å². The molecule has 3 rings (SSSR count). The van der Waals surface area contributed by atoms with Crippen molar-refractivity contribution < 1.29 is 4.74 Å². The predicted molar refractivity (Wildman–Crippen MR) is 116 cm³/mol. The van der Waals surface area contributed by atoms with E-state index in [9.17, 15) is 0 Å². The maximum Gasteiger partial charge on any atom is 0.229 e. The molecule has 1 aliphatic heterocycles. The zero-order valence-electron chi connectivity index (χ0n) is 17.2. The number of ether oxygens (including phenoxy) is 1. The van der Waals surface area contributed by atoms with Gasteiger partial charge in [-0.25, -0.2) is 4.98 Å². The van der Waals surface area contributed by atoms with Gasteiger partial charge in [-0.1, -0.05) is 0 Å². The van der Waals surface area contributed by atoms with E-state index in [2.05, 4.69) is 68.5 Å². The van der Waals surface area contributed by atoms with Crippen LogP contribution in [-0.2, 0) is 4.74 Å². The van der Waals surface area contributed by atoms with Crippen molar-refractivity contribution in [3.63, 3.8) is 0 Å². The summed E-state index contributed by atoms with van der Waals surface area (Å²) in [5.41, 5.74) is 3.15. The van der Waals surface area contributed by atoms with E-state index in [-0.39, 0.29) is 0 Å². The van der Waals surface area contributed by atoms with Crippen LogP contribution in [0.2, 0.25) is 0 Å². The fourth-order valence-corrected chi connectivity index (χ4v) is 3.36. The first-order valence-corrected chi connectivity index (χ1v) is 10.2. The smallest absolute Gasteiger partial charge is 0.229 e. The molecule has 0 bridgehead atoms. The van der Waals surface area contributed by atoms with Gasteiger partial charge < -0.3 is 20.3 Å². The van der Waals surface area contributed by atoms with Crippen molar-refractivity contribution in [3.05, 3.63) is 36.0 Å². The highest BCUT2D eigenvalue weighted by molar-refractivity contribution is 5.60. The Bertz CT molecular complexity index is 726. The van der Waals surface area contributed by atoms with Crippen LogP contribution in [0, 0.1) is 6.92 Å². The highest BCUT2D eigenvalue weighted by atomic mass is 16.5. The average Bonchev–Trinajstić information content (AvgIpc) is 2.71. The lowest BCUT2D eigenvalue weighted by Gasteiger charge is -2.26. The number of benzene rings is 1. The Hall–Kier alpha value is -2.38. The molecule has 7 heteroatoms. The van der Waals surface area contributed by atoms with Gasteiger partial charge in [0.05, 0.1) is 13.2 Å². The Balaban J connectivity index is 1.58. The molecule has 28 heavy (non-hydrogen) atoms. The molecule has 2 N–H and O–H groups in total. The van der Waals surface area contributed by atoms with E-state index >= 15 is 0 Å². The third kappa shape index (κ3) is 5.81. The number of aryl methyl sites for hydroxylation is 1. The first-order chi connectivity index (χ1) is 13.7. The molecule has 0 spiro atoms. The number of nitrogens with zero attached hydrogens (tertiary/aromatic N) is 4. The van der Waals surface area contributed by atoms with Crippen LogP contribution in [0.4, 0.5) is 23.1 Å². The molecule has 0 amide bonds. The topological polar surface area (TPSA) is 65.5 Å². The van der Waals surface area contributed by atoms with Gasteiger partial charge in [-0.15, -0.1) is 0 Å². The van der Waals surface area contributed by atoms with E-state index in [1.807, 2.05) is 13.0 Å². The third-order valence-electron chi connectivity index (χ3n) is 4.94. The van der Waals surface area contributed by atoms with Crippen LogP contribution in [0.25, 0.3) is 0 Å². The van der Waals surface area contributed by atoms with Crippen molar-refractivity contribution in [2.24, 2.45) is 0 Å². The van der Waals surface area contributed by atoms with Gasteiger partial charge >= 0.3 is 0 Å². The van der Waals surface area contributed by atoms with Gasteiger partial charge in [-0.05, 0) is 45.0 Å². The zero-order chi connectivity index (χ0) is 19.8. The number of rotatable bonds is 9. The summed E-state index contributed by atoms with van der Waals surface area (Å²) in [6.45, 7) is 13.8. The van der Waals surface area contributed by atoms with Crippen molar-refractivity contribution in [1.82, 2.24) is 14.9 Å². The van der Waals surface area contributed by atoms with Gasteiger partial charge in [0.25, 0.3) is 0 Å². The summed E-state index contributed by atoms with van der Waals surface area (Å²) in [7, 11) is 0. The third-order valence-corrected chi connectivity index (χ3v) is 4.94. The fraction of sp³-hybridized carbons (Fsp3) is 0.524. The van der Waals surface area contributed by atoms with Gasteiger partial charge in [0.1, 0.15) is 5.82 Å². The molecule has 0 atom stereocenters. The van der Waals surface area contributed by atoms with E-state index in [1.165, 1.54) is 5.69 Å². The van der Waals surface area contributed by atoms with Crippen LogP contribution < -0.4 is 15.5 Å². The number of anilines is 4. The number of hydrogen-bond acceptors (Lipinski definition) is 7. The lowest BCUT2D eigenvalue weighted by atomic mass is 10.2.